The average Bonchev–Trinajstić information content (AvgIpc) is 2.52. The van der Waals surface area contributed by atoms with Crippen LogP contribution in [0.2, 0.25) is 5.02 Å². The van der Waals surface area contributed by atoms with Gasteiger partial charge in [0.15, 0.2) is 0 Å². The second-order valence-corrected chi connectivity index (χ2v) is 5.59. The molecule has 112 valence electrons. The molecule has 2 aromatic carbocycles. The van der Waals surface area contributed by atoms with Gasteiger partial charge in [0.1, 0.15) is 12.4 Å². The maximum absolute atomic E-state index is 6.16. The summed E-state index contributed by atoms with van der Waals surface area (Å²) in [6, 6.07) is 16.4. The van der Waals surface area contributed by atoms with Gasteiger partial charge in [0.2, 0.25) is 0 Å². The molecule has 0 aromatic heterocycles. The quantitative estimate of drug-likeness (QED) is 0.793. The van der Waals surface area contributed by atoms with Crippen LogP contribution in [0, 0.1) is 0 Å². The molecule has 3 heteroatoms. The van der Waals surface area contributed by atoms with Crippen LogP contribution >= 0.6 is 11.6 Å². The summed E-state index contributed by atoms with van der Waals surface area (Å²) < 4.78 is 5.95. The molecule has 0 unspecified atom stereocenters. The fraction of sp³-hybridized carbons (Fsp3) is 0.333. The van der Waals surface area contributed by atoms with Crippen LogP contribution in [0.15, 0.2) is 48.5 Å². The molecule has 21 heavy (non-hydrogen) atoms. The molecule has 0 amide bonds. The minimum absolute atomic E-state index is 0.486. The molecule has 0 bridgehead atoms. The summed E-state index contributed by atoms with van der Waals surface area (Å²) in [5, 5.41) is 4.24. The van der Waals surface area contributed by atoms with E-state index < -0.39 is 0 Å². The van der Waals surface area contributed by atoms with Crippen molar-refractivity contribution in [1.29, 1.82) is 0 Å². The molecule has 2 aromatic rings. The van der Waals surface area contributed by atoms with E-state index in [-0.39, 0.29) is 0 Å². The number of para-hydroxylation sites is 1. The SMILES string of the molecule is CC[C@H](C)NCc1ccccc1OCc1ccccc1Cl. The van der Waals surface area contributed by atoms with Crippen LogP contribution in [0.1, 0.15) is 31.4 Å². The van der Waals surface area contributed by atoms with Crippen molar-refractivity contribution in [3.63, 3.8) is 0 Å². The monoisotopic (exact) mass is 303 g/mol. The maximum atomic E-state index is 6.16. The van der Waals surface area contributed by atoms with Crippen LogP contribution in [-0.2, 0) is 13.2 Å². The zero-order chi connectivity index (χ0) is 15.1. The van der Waals surface area contributed by atoms with Crippen molar-refractivity contribution in [1.82, 2.24) is 5.32 Å². The predicted octanol–water partition coefficient (Wildman–Crippen LogP) is 4.81. The topological polar surface area (TPSA) is 21.3 Å². The summed E-state index contributed by atoms with van der Waals surface area (Å²) in [5.74, 6) is 0.910. The van der Waals surface area contributed by atoms with Gasteiger partial charge in [0, 0.05) is 28.7 Å². The van der Waals surface area contributed by atoms with Crippen LogP contribution in [0.5, 0.6) is 5.75 Å². The molecule has 0 fully saturated rings. The highest BCUT2D eigenvalue weighted by Gasteiger charge is 2.06. The fourth-order valence-corrected chi connectivity index (χ4v) is 2.18. The van der Waals surface area contributed by atoms with Gasteiger partial charge in [-0.05, 0) is 25.5 Å². The van der Waals surface area contributed by atoms with Crippen LogP contribution < -0.4 is 10.1 Å². The summed E-state index contributed by atoms with van der Waals surface area (Å²) in [7, 11) is 0. The molecule has 2 nitrogen and oxygen atoms in total. The van der Waals surface area contributed by atoms with E-state index in [1.165, 1.54) is 5.56 Å². The average molecular weight is 304 g/mol. The number of benzene rings is 2. The van der Waals surface area contributed by atoms with Crippen molar-refractivity contribution < 1.29 is 4.74 Å². The van der Waals surface area contributed by atoms with Crippen molar-refractivity contribution in [2.24, 2.45) is 0 Å². The van der Waals surface area contributed by atoms with Gasteiger partial charge in [-0.15, -0.1) is 0 Å². The lowest BCUT2D eigenvalue weighted by Gasteiger charge is -2.15. The van der Waals surface area contributed by atoms with E-state index in [1.54, 1.807) is 0 Å². The second-order valence-electron chi connectivity index (χ2n) is 5.18. The maximum Gasteiger partial charge on any atom is 0.124 e. The Kier molecular flexibility index (Phi) is 6.09. The van der Waals surface area contributed by atoms with Gasteiger partial charge >= 0.3 is 0 Å². The largest absolute Gasteiger partial charge is 0.489 e. The molecule has 0 aliphatic carbocycles. The Morgan fingerprint density at radius 3 is 2.43 bits per heavy atom. The van der Waals surface area contributed by atoms with Crippen molar-refractivity contribution in [3.05, 3.63) is 64.7 Å². The summed E-state index contributed by atoms with van der Waals surface area (Å²) in [6.45, 7) is 5.67. The van der Waals surface area contributed by atoms with Gasteiger partial charge in [-0.2, -0.15) is 0 Å². The number of halogens is 1. The van der Waals surface area contributed by atoms with Gasteiger partial charge in [-0.3, -0.25) is 0 Å². The van der Waals surface area contributed by atoms with Crippen LogP contribution in [0.3, 0.4) is 0 Å². The molecule has 0 spiro atoms. The second kappa shape index (κ2) is 8.06. The number of rotatable bonds is 7. The standard InChI is InChI=1S/C18H22ClNO/c1-3-14(2)20-12-15-8-5-7-11-18(15)21-13-16-9-4-6-10-17(16)19/h4-11,14,20H,3,12-13H2,1-2H3/t14-/m0/s1. The highest BCUT2D eigenvalue weighted by molar-refractivity contribution is 6.31. The third kappa shape index (κ3) is 4.76. The first kappa shape index (κ1) is 15.9. The summed E-state index contributed by atoms with van der Waals surface area (Å²) in [6.07, 6.45) is 1.11. The van der Waals surface area contributed by atoms with Crippen molar-refractivity contribution in [3.8, 4) is 5.75 Å². The highest BCUT2D eigenvalue weighted by atomic mass is 35.5. The van der Waals surface area contributed by atoms with E-state index in [4.69, 9.17) is 16.3 Å². The lowest BCUT2D eigenvalue weighted by atomic mass is 10.1. The molecular formula is C18H22ClNO. The molecule has 0 radical (unpaired) electrons. The van der Waals surface area contributed by atoms with E-state index >= 15 is 0 Å². The summed E-state index contributed by atoms with van der Waals surface area (Å²) in [4.78, 5) is 0. The first-order chi connectivity index (χ1) is 10.2. The summed E-state index contributed by atoms with van der Waals surface area (Å²) in [5.41, 5.74) is 2.17. The van der Waals surface area contributed by atoms with Crippen molar-refractivity contribution >= 4 is 11.6 Å². The minimum Gasteiger partial charge on any atom is -0.489 e. The minimum atomic E-state index is 0.486. The van der Waals surface area contributed by atoms with Gasteiger partial charge < -0.3 is 10.1 Å². The van der Waals surface area contributed by atoms with Gasteiger partial charge in [0.05, 0.1) is 0 Å². The zero-order valence-electron chi connectivity index (χ0n) is 12.6. The first-order valence-electron chi connectivity index (χ1n) is 7.38. The van der Waals surface area contributed by atoms with Crippen LogP contribution in [-0.4, -0.2) is 6.04 Å². The molecule has 1 N–H and O–H groups in total. The molecular weight excluding hydrogens is 282 g/mol. The van der Waals surface area contributed by atoms with Gasteiger partial charge in [0.25, 0.3) is 0 Å². The number of nitrogens with one attached hydrogen (secondary N) is 1. The number of hydrogen-bond donors (Lipinski definition) is 1. The van der Waals surface area contributed by atoms with E-state index in [1.807, 2.05) is 42.5 Å². The van der Waals surface area contributed by atoms with Gasteiger partial charge in [-0.1, -0.05) is 54.9 Å². The first-order valence-corrected chi connectivity index (χ1v) is 7.76. The van der Waals surface area contributed by atoms with Crippen molar-refractivity contribution in [2.45, 2.75) is 39.5 Å². The lowest BCUT2D eigenvalue weighted by Crippen LogP contribution is -2.24. The molecule has 0 aliphatic heterocycles. The molecule has 0 heterocycles. The summed E-state index contributed by atoms with van der Waals surface area (Å²) >= 11 is 6.16. The predicted molar refractivity (Wildman–Crippen MR) is 88.8 cm³/mol. The molecule has 0 saturated carbocycles. The Morgan fingerprint density at radius 1 is 1.05 bits per heavy atom. The van der Waals surface area contributed by atoms with E-state index in [9.17, 15) is 0 Å². The number of hydrogen-bond acceptors (Lipinski definition) is 2. The number of ether oxygens (including phenoxy) is 1. The Balaban J connectivity index is 2.01. The van der Waals surface area contributed by atoms with Crippen molar-refractivity contribution in [2.75, 3.05) is 0 Å². The van der Waals surface area contributed by atoms with E-state index in [0.29, 0.717) is 12.6 Å². The lowest BCUT2D eigenvalue weighted by molar-refractivity contribution is 0.301. The highest BCUT2D eigenvalue weighted by Crippen LogP contribution is 2.22. The normalized spacial score (nSPS) is 12.1. The van der Waals surface area contributed by atoms with Crippen LogP contribution in [0.4, 0.5) is 0 Å². The Labute approximate surface area is 132 Å². The van der Waals surface area contributed by atoms with Crippen LogP contribution in [0.25, 0.3) is 0 Å². The van der Waals surface area contributed by atoms with Gasteiger partial charge in [-0.25, -0.2) is 0 Å². The third-order valence-electron chi connectivity index (χ3n) is 3.57. The van der Waals surface area contributed by atoms with E-state index in [0.717, 1.165) is 29.3 Å². The third-order valence-corrected chi connectivity index (χ3v) is 3.94. The Hall–Kier alpha value is -1.51. The Bertz CT molecular complexity index is 571. The smallest absolute Gasteiger partial charge is 0.124 e. The zero-order valence-corrected chi connectivity index (χ0v) is 13.4. The fourth-order valence-electron chi connectivity index (χ4n) is 1.99. The van der Waals surface area contributed by atoms with E-state index in [2.05, 4.69) is 25.2 Å². The molecule has 1 atom stereocenters. The molecule has 0 saturated heterocycles. The Morgan fingerprint density at radius 2 is 1.71 bits per heavy atom. The molecule has 2 rings (SSSR count). The molecule has 0 aliphatic rings.